The molecule has 2 saturated heterocycles. The first-order valence-corrected chi connectivity index (χ1v) is 13.6. The summed E-state index contributed by atoms with van der Waals surface area (Å²) in [5, 5.41) is 3.56. The lowest BCUT2D eigenvalue weighted by Crippen LogP contribution is -2.43. The van der Waals surface area contributed by atoms with Gasteiger partial charge < -0.3 is 15.1 Å². The first kappa shape index (κ1) is 27.1. The van der Waals surface area contributed by atoms with Gasteiger partial charge in [0.05, 0.1) is 10.0 Å². The number of anilines is 1. The van der Waals surface area contributed by atoms with Crippen molar-refractivity contribution in [2.45, 2.75) is 37.6 Å². The molecule has 10 heteroatoms. The minimum absolute atomic E-state index is 0.202. The van der Waals surface area contributed by atoms with Crippen LogP contribution in [-0.2, 0) is 4.79 Å². The van der Waals surface area contributed by atoms with Crippen LogP contribution in [0.5, 0.6) is 0 Å². The summed E-state index contributed by atoms with van der Waals surface area (Å²) < 4.78 is 13.2. The zero-order chi connectivity index (χ0) is 27.5. The predicted molar refractivity (Wildman–Crippen MR) is 148 cm³/mol. The number of piperidine rings is 1. The molecular weight excluding hydrogens is 542 g/mol. The van der Waals surface area contributed by atoms with E-state index >= 15 is 0 Å². The van der Waals surface area contributed by atoms with E-state index in [2.05, 4.69) is 10.3 Å². The number of pyridine rings is 1. The van der Waals surface area contributed by atoms with Crippen molar-refractivity contribution in [3.63, 3.8) is 0 Å². The molecule has 0 aliphatic carbocycles. The highest BCUT2D eigenvalue weighted by atomic mass is 35.5. The summed E-state index contributed by atoms with van der Waals surface area (Å²) in [7, 11) is 0. The summed E-state index contributed by atoms with van der Waals surface area (Å²) in [4.78, 5) is 46.2. The van der Waals surface area contributed by atoms with Crippen molar-refractivity contribution in [1.29, 1.82) is 0 Å². The molecule has 39 heavy (non-hydrogen) atoms. The van der Waals surface area contributed by atoms with Crippen LogP contribution in [0.2, 0.25) is 10.0 Å². The molecule has 0 saturated carbocycles. The Morgan fingerprint density at radius 1 is 0.897 bits per heavy atom. The van der Waals surface area contributed by atoms with Gasteiger partial charge in [0.25, 0.3) is 11.8 Å². The highest BCUT2D eigenvalue weighted by Crippen LogP contribution is 2.31. The Balaban J connectivity index is 1.16. The molecule has 5 rings (SSSR count). The van der Waals surface area contributed by atoms with Crippen LogP contribution >= 0.6 is 23.2 Å². The number of hydrogen-bond donors (Lipinski definition) is 1. The van der Waals surface area contributed by atoms with Gasteiger partial charge in [-0.05, 0) is 79.6 Å². The number of rotatable bonds is 5. The number of nitrogens with zero attached hydrogens (tertiary/aromatic N) is 3. The zero-order valence-corrected chi connectivity index (χ0v) is 22.6. The average molecular weight is 569 g/mol. The molecular formula is C29H27Cl2FN4O3. The molecule has 1 aromatic heterocycles. The van der Waals surface area contributed by atoms with Crippen LogP contribution in [-0.4, -0.2) is 58.2 Å². The lowest BCUT2D eigenvalue weighted by atomic mass is 9.89. The molecule has 0 unspecified atom stereocenters. The van der Waals surface area contributed by atoms with Crippen LogP contribution in [0.15, 0.2) is 60.8 Å². The molecule has 1 atom stereocenters. The maximum absolute atomic E-state index is 13.2. The van der Waals surface area contributed by atoms with Crippen LogP contribution in [0.3, 0.4) is 0 Å². The third-order valence-corrected chi connectivity index (χ3v) is 7.84. The van der Waals surface area contributed by atoms with E-state index < -0.39 is 11.9 Å². The molecule has 3 heterocycles. The maximum Gasteiger partial charge on any atom is 0.273 e. The number of likely N-dealkylation sites (tertiary alicyclic amines) is 2. The van der Waals surface area contributed by atoms with Crippen LogP contribution < -0.4 is 5.32 Å². The van der Waals surface area contributed by atoms with Crippen LogP contribution in [0, 0.1) is 5.82 Å². The third kappa shape index (κ3) is 6.07. The van der Waals surface area contributed by atoms with Crippen LogP contribution in [0.25, 0.3) is 0 Å². The van der Waals surface area contributed by atoms with E-state index in [4.69, 9.17) is 23.2 Å². The van der Waals surface area contributed by atoms with E-state index in [1.165, 1.54) is 36.5 Å². The van der Waals surface area contributed by atoms with Crippen molar-refractivity contribution < 1.29 is 18.8 Å². The second-order valence-electron chi connectivity index (χ2n) is 9.83. The van der Waals surface area contributed by atoms with Crippen LogP contribution in [0.4, 0.5) is 10.1 Å². The van der Waals surface area contributed by atoms with Gasteiger partial charge in [-0.3, -0.25) is 14.4 Å². The maximum atomic E-state index is 13.2. The molecule has 3 aromatic rings. The van der Waals surface area contributed by atoms with Crippen molar-refractivity contribution in [2.75, 3.05) is 25.0 Å². The standard InChI is InChI=1S/C29H27Cl2FN4O3/c30-21-16-24(31)26(33-17-21)29(39)35-14-11-19(12-15-35)18-5-9-23(10-6-18)34-27(37)25-2-1-13-36(25)28(38)20-3-7-22(32)8-4-20/h3-10,16-17,19,25H,1-2,11-15H2,(H,34,37)/t25-/m0/s1. The van der Waals surface area contributed by atoms with Gasteiger partial charge in [0.1, 0.15) is 17.6 Å². The molecule has 202 valence electrons. The average Bonchev–Trinajstić information content (AvgIpc) is 3.44. The molecule has 2 fully saturated rings. The topological polar surface area (TPSA) is 82.6 Å². The number of hydrogen-bond acceptors (Lipinski definition) is 4. The summed E-state index contributed by atoms with van der Waals surface area (Å²) in [6, 6.07) is 14.0. The first-order chi connectivity index (χ1) is 18.8. The van der Waals surface area contributed by atoms with Gasteiger partial charge in [-0.15, -0.1) is 0 Å². The molecule has 0 radical (unpaired) electrons. The van der Waals surface area contributed by atoms with Gasteiger partial charge in [0.2, 0.25) is 5.91 Å². The van der Waals surface area contributed by atoms with Gasteiger partial charge in [-0.2, -0.15) is 0 Å². The summed E-state index contributed by atoms with van der Waals surface area (Å²) in [6.07, 6.45) is 4.31. The fraction of sp³-hybridized carbons (Fsp3) is 0.310. The minimum atomic E-state index is -0.576. The van der Waals surface area contributed by atoms with Gasteiger partial charge in [-0.1, -0.05) is 35.3 Å². The molecule has 2 aromatic carbocycles. The van der Waals surface area contributed by atoms with Crippen molar-refractivity contribution in [2.24, 2.45) is 0 Å². The SMILES string of the molecule is O=C(Nc1ccc(C2CCN(C(=O)c3ncc(Cl)cc3Cl)CC2)cc1)[C@@H]1CCCN1C(=O)c1ccc(F)cc1. The number of carbonyl (C=O) groups excluding carboxylic acids is 3. The summed E-state index contributed by atoms with van der Waals surface area (Å²) in [5.74, 6) is -0.845. The number of carbonyl (C=O) groups is 3. The van der Waals surface area contributed by atoms with E-state index in [-0.39, 0.29) is 34.4 Å². The second-order valence-corrected chi connectivity index (χ2v) is 10.7. The van der Waals surface area contributed by atoms with Crippen molar-refractivity contribution in [1.82, 2.24) is 14.8 Å². The molecule has 1 N–H and O–H groups in total. The quantitative estimate of drug-likeness (QED) is 0.422. The Labute approximate surface area is 235 Å². The van der Waals surface area contributed by atoms with Crippen molar-refractivity contribution in [3.8, 4) is 0 Å². The van der Waals surface area contributed by atoms with Crippen LogP contribution in [0.1, 0.15) is 58.0 Å². The largest absolute Gasteiger partial charge is 0.337 e. The Hall–Kier alpha value is -3.49. The van der Waals surface area contributed by atoms with E-state index in [9.17, 15) is 18.8 Å². The normalized spacial score (nSPS) is 17.8. The fourth-order valence-corrected chi connectivity index (χ4v) is 5.70. The van der Waals surface area contributed by atoms with Crippen molar-refractivity contribution in [3.05, 3.63) is 93.5 Å². The number of halogens is 3. The van der Waals surface area contributed by atoms with E-state index in [1.54, 1.807) is 9.80 Å². The highest BCUT2D eigenvalue weighted by Gasteiger charge is 2.34. The van der Waals surface area contributed by atoms with E-state index in [0.717, 1.165) is 24.8 Å². The monoisotopic (exact) mass is 568 g/mol. The fourth-order valence-electron chi connectivity index (χ4n) is 5.24. The Bertz CT molecular complexity index is 1380. The zero-order valence-electron chi connectivity index (χ0n) is 21.1. The third-order valence-electron chi connectivity index (χ3n) is 7.35. The number of benzene rings is 2. The summed E-state index contributed by atoms with van der Waals surface area (Å²) in [6.45, 7) is 1.65. The Morgan fingerprint density at radius 3 is 2.26 bits per heavy atom. The Kier molecular flexibility index (Phi) is 8.14. The number of nitrogens with one attached hydrogen (secondary N) is 1. The lowest BCUT2D eigenvalue weighted by Gasteiger charge is -2.32. The molecule has 2 aliphatic rings. The molecule has 0 spiro atoms. The van der Waals surface area contributed by atoms with E-state index in [1.807, 2.05) is 24.3 Å². The van der Waals surface area contributed by atoms with Crippen molar-refractivity contribution >= 4 is 46.6 Å². The molecule has 0 bridgehead atoms. The molecule has 2 aliphatic heterocycles. The Morgan fingerprint density at radius 2 is 1.59 bits per heavy atom. The summed E-state index contributed by atoms with van der Waals surface area (Å²) in [5.41, 5.74) is 2.36. The van der Waals surface area contributed by atoms with Gasteiger partial charge >= 0.3 is 0 Å². The lowest BCUT2D eigenvalue weighted by molar-refractivity contribution is -0.119. The second kappa shape index (κ2) is 11.7. The number of amides is 3. The van der Waals surface area contributed by atoms with Gasteiger partial charge in [-0.25, -0.2) is 9.37 Å². The minimum Gasteiger partial charge on any atom is -0.337 e. The first-order valence-electron chi connectivity index (χ1n) is 12.9. The molecule has 3 amide bonds. The molecule has 7 nitrogen and oxygen atoms in total. The summed E-state index contributed by atoms with van der Waals surface area (Å²) >= 11 is 12.1. The highest BCUT2D eigenvalue weighted by molar-refractivity contribution is 6.36. The van der Waals surface area contributed by atoms with Gasteiger partial charge in [0, 0.05) is 37.1 Å². The predicted octanol–water partition coefficient (Wildman–Crippen LogP) is 5.79. The van der Waals surface area contributed by atoms with E-state index in [0.29, 0.717) is 42.3 Å². The number of aromatic nitrogens is 1. The van der Waals surface area contributed by atoms with Gasteiger partial charge in [0.15, 0.2) is 0 Å². The smallest absolute Gasteiger partial charge is 0.273 e.